The molecule has 0 radical (unpaired) electrons. The van der Waals surface area contributed by atoms with Gasteiger partial charge in [0.15, 0.2) is 11.2 Å². The number of hydrogen-bond donors (Lipinski definition) is 3. The summed E-state index contributed by atoms with van der Waals surface area (Å²) in [6, 6.07) is 0. The monoisotopic (exact) mass is 299 g/mol. The van der Waals surface area contributed by atoms with E-state index in [0.29, 0.717) is 17.8 Å². The fraction of sp³-hybridized carbons (Fsp3) is 0.300. The number of H-pyrrole nitrogens is 1. The van der Waals surface area contributed by atoms with Gasteiger partial charge in [-0.1, -0.05) is 6.58 Å². The molecule has 1 unspecified atom stereocenters. The van der Waals surface area contributed by atoms with Crippen molar-refractivity contribution in [3.05, 3.63) is 28.8 Å². The molecule has 10 heteroatoms. The zero-order valence-electron chi connectivity index (χ0n) is 10.5. The Labute approximate surface area is 114 Å². The fourth-order valence-corrected chi connectivity index (χ4v) is 1.93. The first-order valence-electron chi connectivity index (χ1n) is 5.64. The molecule has 0 fully saturated rings. The lowest BCUT2D eigenvalue weighted by molar-refractivity contribution is 0.193. The van der Waals surface area contributed by atoms with Crippen LogP contribution >= 0.6 is 8.03 Å². The van der Waals surface area contributed by atoms with Crippen LogP contribution in [0.2, 0.25) is 0 Å². The number of ether oxygens (including phenoxy) is 1. The van der Waals surface area contributed by atoms with Crippen molar-refractivity contribution in [1.29, 1.82) is 0 Å². The Morgan fingerprint density at radius 3 is 3.10 bits per heavy atom. The molecular formula is C10H14N5O4P. The number of hydrogen-bond acceptors (Lipinski definition) is 6. The van der Waals surface area contributed by atoms with Gasteiger partial charge in [-0.3, -0.25) is 14.3 Å². The van der Waals surface area contributed by atoms with Crippen LogP contribution in [-0.4, -0.2) is 37.4 Å². The summed E-state index contributed by atoms with van der Waals surface area (Å²) in [5.74, 6) is 0.00462. The number of nitrogens with zero attached hydrogens (tertiary/aromatic N) is 3. The molecular weight excluding hydrogens is 285 g/mol. The molecule has 0 amide bonds. The summed E-state index contributed by atoms with van der Waals surface area (Å²) in [5.41, 5.74) is 6.26. The molecule has 2 rings (SSSR count). The first kappa shape index (κ1) is 14.4. The molecule has 2 aromatic rings. The van der Waals surface area contributed by atoms with Crippen LogP contribution in [0.4, 0.5) is 5.95 Å². The highest BCUT2D eigenvalue weighted by atomic mass is 31.1. The van der Waals surface area contributed by atoms with E-state index in [9.17, 15) is 9.36 Å². The number of aromatic nitrogens is 4. The molecule has 0 aromatic carbocycles. The van der Waals surface area contributed by atoms with Crippen molar-refractivity contribution < 1.29 is 14.2 Å². The third-order valence-electron chi connectivity index (χ3n) is 2.42. The fourth-order valence-electron chi connectivity index (χ4n) is 1.66. The van der Waals surface area contributed by atoms with E-state index in [0.717, 1.165) is 0 Å². The van der Waals surface area contributed by atoms with Crippen LogP contribution in [0, 0.1) is 0 Å². The number of anilines is 1. The van der Waals surface area contributed by atoms with Crippen molar-refractivity contribution in [1.82, 2.24) is 19.5 Å². The van der Waals surface area contributed by atoms with Gasteiger partial charge >= 0.3 is 0 Å². The number of aromatic amines is 1. The maximum atomic E-state index is 11.6. The summed E-state index contributed by atoms with van der Waals surface area (Å²) < 4.78 is 17.1. The summed E-state index contributed by atoms with van der Waals surface area (Å²) in [4.78, 5) is 30.6. The van der Waals surface area contributed by atoms with Gasteiger partial charge in [0.25, 0.3) is 5.56 Å². The first-order chi connectivity index (χ1) is 9.47. The predicted octanol–water partition coefficient (Wildman–Crippen LogP) is -0.301. The van der Waals surface area contributed by atoms with E-state index in [1.807, 2.05) is 0 Å². The molecule has 108 valence electrons. The minimum Gasteiger partial charge on any atom is -0.369 e. The van der Waals surface area contributed by atoms with Crippen LogP contribution in [0.1, 0.15) is 0 Å². The van der Waals surface area contributed by atoms with Crippen LogP contribution in [-0.2, 0) is 15.8 Å². The van der Waals surface area contributed by atoms with Gasteiger partial charge in [0.2, 0.25) is 14.0 Å². The Morgan fingerprint density at radius 2 is 2.40 bits per heavy atom. The van der Waals surface area contributed by atoms with E-state index < -0.39 is 13.6 Å². The average Bonchev–Trinajstić information content (AvgIpc) is 2.72. The van der Waals surface area contributed by atoms with Crippen molar-refractivity contribution in [2.45, 2.75) is 6.54 Å². The SMILES string of the molecule is C=C(COC[PH](=O)O)Cn1cnc2c(=O)[nH]c(N)nc21. The van der Waals surface area contributed by atoms with Crippen molar-refractivity contribution >= 4 is 25.1 Å². The van der Waals surface area contributed by atoms with E-state index in [1.165, 1.54) is 6.33 Å². The molecule has 0 spiro atoms. The number of rotatable bonds is 6. The smallest absolute Gasteiger partial charge is 0.280 e. The highest BCUT2D eigenvalue weighted by Gasteiger charge is 2.10. The van der Waals surface area contributed by atoms with Crippen LogP contribution in [0.15, 0.2) is 23.3 Å². The van der Waals surface area contributed by atoms with Gasteiger partial charge in [-0.15, -0.1) is 0 Å². The molecule has 4 N–H and O–H groups in total. The largest absolute Gasteiger partial charge is 0.369 e. The molecule has 1 atom stereocenters. The summed E-state index contributed by atoms with van der Waals surface area (Å²) in [5, 5.41) is 0. The molecule has 0 bridgehead atoms. The van der Waals surface area contributed by atoms with Crippen LogP contribution in [0.3, 0.4) is 0 Å². The number of nitrogens with two attached hydrogens (primary N) is 1. The number of fused-ring (bicyclic) bond motifs is 1. The van der Waals surface area contributed by atoms with Crippen LogP contribution in [0.25, 0.3) is 11.2 Å². The molecule has 0 aliphatic rings. The molecule has 2 heterocycles. The first-order valence-corrected chi connectivity index (χ1v) is 7.20. The number of imidazole rings is 1. The highest BCUT2D eigenvalue weighted by Crippen LogP contribution is 2.13. The van der Waals surface area contributed by atoms with E-state index in [4.69, 9.17) is 15.4 Å². The second-order valence-electron chi connectivity index (χ2n) is 4.13. The van der Waals surface area contributed by atoms with Crippen LogP contribution < -0.4 is 11.3 Å². The zero-order chi connectivity index (χ0) is 14.7. The quantitative estimate of drug-likeness (QED) is 0.492. The van der Waals surface area contributed by atoms with Gasteiger partial charge in [0.1, 0.15) is 6.35 Å². The van der Waals surface area contributed by atoms with Gasteiger partial charge < -0.3 is 19.9 Å². The third kappa shape index (κ3) is 3.32. The molecule has 0 saturated heterocycles. The molecule has 0 aliphatic carbocycles. The Kier molecular flexibility index (Phi) is 4.33. The highest BCUT2D eigenvalue weighted by molar-refractivity contribution is 7.37. The third-order valence-corrected chi connectivity index (χ3v) is 2.87. The van der Waals surface area contributed by atoms with Crippen molar-refractivity contribution in [3.63, 3.8) is 0 Å². The number of nitrogen functional groups attached to an aromatic ring is 1. The summed E-state index contributed by atoms with van der Waals surface area (Å²) in [7, 11) is -2.64. The Bertz CT molecular complexity index is 722. The Morgan fingerprint density at radius 1 is 1.65 bits per heavy atom. The van der Waals surface area contributed by atoms with Gasteiger partial charge in [-0.2, -0.15) is 4.98 Å². The molecule has 0 saturated carbocycles. The van der Waals surface area contributed by atoms with Crippen LogP contribution in [0.5, 0.6) is 0 Å². The maximum Gasteiger partial charge on any atom is 0.280 e. The second-order valence-corrected chi connectivity index (χ2v) is 5.21. The lowest BCUT2D eigenvalue weighted by atomic mass is 10.3. The second kappa shape index (κ2) is 6.00. The summed E-state index contributed by atoms with van der Waals surface area (Å²) in [6.07, 6.45) is 1.24. The number of nitrogens with one attached hydrogen (secondary N) is 1. The molecule has 0 aliphatic heterocycles. The lowest BCUT2D eigenvalue weighted by Crippen LogP contribution is -2.13. The summed E-state index contributed by atoms with van der Waals surface area (Å²) >= 11 is 0. The van der Waals surface area contributed by atoms with E-state index >= 15 is 0 Å². The van der Waals surface area contributed by atoms with E-state index in [1.54, 1.807) is 4.57 Å². The minimum atomic E-state index is -2.64. The maximum absolute atomic E-state index is 11.6. The lowest BCUT2D eigenvalue weighted by Gasteiger charge is -2.07. The topological polar surface area (TPSA) is 136 Å². The van der Waals surface area contributed by atoms with E-state index in [-0.39, 0.29) is 24.4 Å². The standard InChI is InChI=1S/C10H14N5O4P/c1-6(3-19-5-20(17)18)2-15-4-12-7-8(15)13-10(11)14-9(7)16/h4,20H,1-3,5H2,(H,17,18)(H3,11,13,14,16). The summed E-state index contributed by atoms with van der Waals surface area (Å²) in [6.45, 7) is 4.24. The van der Waals surface area contributed by atoms with Gasteiger partial charge in [-0.05, 0) is 5.57 Å². The Balaban J connectivity index is 2.12. The van der Waals surface area contributed by atoms with Gasteiger partial charge in [0, 0.05) is 6.54 Å². The molecule has 9 nitrogen and oxygen atoms in total. The molecule has 2 aromatic heterocycles. The average molecular weight is 299 g/mol. The molecule has 20 heavy (non-hydrogen) atoms. The van der Waals surface area contributed by atoms with Gasteiger partial charge in [-0.25, -0.2) is 4.98 Å². The van der Waals surface area contributed by atoms with Crippen molar-refractivity contribution in [2.75, 3.05) is 18.7 Å². The minimum absolute atomic E-state index is 0.00462. The van der Waals surface area contributed by atoms with Gasteiger partial charge in [0.05, 0.1) is 12.9 Å². The Hall–Kier alpha value is -1.96. The zero-order valence-corrected chi connectivity index (χ0v) is 11.5. The predicted molar refractivity (Wildman–Crippen MR) is 73.7 cm³/mol. The van der Waals surface area contributed by atoms with Crippen molar-refractivity contribution in [2.24, 2.45) is 0 Å². The van der Waals surface area contributed by atoms with E-state index in [2.05, 4.69) is 21.5 Å². The normalized spacial score (nSPS) is 12.7. The van der Waals surface area contributed by atoms with Crippen molar-refractivity contribution in [3.8, 4) is 0 Å².